The summed E-state index contributed by atoms with van der Waals surface area (Å²) in [6.07, 6.45) is -4.70. The summed E-state index contributed by atoms with van der Waals surface area (Å²) in [7, 11) is 0. The average Bonchev–Trinajstić information content (AvgIpc) is 2.01. The number of phenolic OH excluding ortho intramolecular Hbond substituents is 1. The predicted molar refractivity (Wildman–Crippen MR) is 41.0 cm³/mol. The van der Waals surface area contributed by atoms with Crippen molar-refractivity contribution in [3.05, 3.63) is 29.6 Å². The lowest BCUT2D eigenvalue weighted by atomic mass is 10.1. The minimum atomic E-state index is -4.70. The third-order valence-corrected chi connectivity index (χ3v) is 1.67. The first-order valence-corrected chi connectivity index (χ1v) is 3.63. The van der Waals surface area contributed by atoms with E-state index in [0.717, 1.165) is 12.1 Å². The molecule has 0 saturated carbocycles. The minimum Gasteiger partial charge on any atom is -0.508 e. The zero-order valence-electron chi connectivity index (χ0n) is 6.85. The molecule has 0 fully saturated rings. The zero-order valence-corrected chi connectivity index (χ0v) is 6.85. The van der Waals surface area contributed by atoms with E-state index in [0.29, 0.717) is 6.07 Å². The maximum atomic E-state index is 12.9. The Morgan fingerprint density at radius 1 is 1.29 bits per heavy atom. The van der Waals surface area contributed by atoms with Crippen LogP contribution in [0.25, 0.3) is 0 Å². The van der Waals surface area contributed by atoms with E-state index in [1.165, 1.54) is 0 Å². The fourth-order valence-electron chi connectivity index (χ4n) is 0.945. The van der Waals surface area contributed by atoms with Gasteiger partial charge in [0.15, 0.2) is 0 Å². The summed E-state index contributed by atoms with van der Waals surface area (Å²) in [6.45, 7) is 0. The van der Waals surface area contributed by atoms with Crippen LogP contribution in [0.3, 0.4) is 0 Å². The molecule has 0 amide bonds. The van der Waals surface area contributed by atoms with Gasteiger partial charge in [-0.15, -0.1) is 0 Å². The number of hydrogen-bond acceptors (Lipinski definition) is 2. The van der Waals surface area contributed by atoms with E-state index >= 15 is 0 Å². The number of alkyl halides is 3. The Bertz CT molecular complexity index is 337. The molecule has 14 heavy (non-hydrogen) atoms. The number of phenols is 1. The number of aromatic hydroxyl groups is 1. The van der Waals surface area contributed by atoms with Gasteiger partial charge in [0, 0.05) is 11.6 Å². The molecule has 1 aromatic rings. The fraction of sp³-hybridized carbons (Fsp3) is 0.250. The molecule has 0 aliphatic heterocycles. The highest BCUT2D eigenvalue weighted by Gasteiger charge is 2.39. The van der Waals surface area contributed by atoms with E-state index in [9.17, 15) is 17.6 Å². The van der Waals surface area contributed by atoms with Gasteiger partial charge < -0.3 is 10.8 Å². The molecule has 1 rings (SSSR count). The smallest absolute Gasteiger partial charge is 0.407 e. The first-order valence-electron chi connectivity index (χ1n) is 3.63. The Morgan fingerprint density at radius 3 is 2.29 bits per heavy atom. The summed E-state index contributed by atoms with van der Waals surface area (Å²) < 4.78 is 49.1. The first-order chi connectivity index (χ1) is 6.32. The lowest BCUT2D eigenvalue weighted by molar-refractivity contribution is -0.149. The molecule has 78 valence electrons. The number of benzene rings is 1. The molecular formula is C8H7F4NO. The second kappa shape index (κ2) is 3.45. The fourth-order valence-corrected chi connectivity index (χ4v) is 0.945. The first kappa shape index (κ1) is 10.8. The maximum Gasteiger partial charge on any atom is 0.407 e. The molecule has 0 heterocycles. The lowest BCUT2D eigenvalue weighted by Crippen LogP contribution is -2.29. The predicted octanol–water partition coefficient (Wildman–Crippen LogP) is 2.09. The van der Waals surface area contributed by atoms with Gasteiger partial charge in [-0.05, 0) is 6.07 Å². The SMILES string of the molecule is N[C@H](c1ccc(O)cc1F)C(F)(F)F. The van der Waals surface area contributed by atoms with Gasteiger partial charge >= 0.3 is 6.18 Å². The molecule has 1 atom stereocenters. The van der Waals surface area contributed by atoms with Gasteiger partial charge in [-0.3, -0.25) is 0 Å². The molecule has 0 radical (unpaired) electrons. The van der Waals surface area contributed by atoms with Crippen LogP contribution in [0.15, 0.2) is 18.2 Å². The van der Waals surface area contributed by atoms with Gasteiger partial charge in [0.05, 0.1) is 0 Å². The largest absolute Gasteiger partial charge is 0.508 e. The van der Waals surface area contributed by atoms with Crippen molar-refractivity contribution < 1.29 is 22.7 Å². The Morgan fingerprint density at radius 2 is 1.86 bits per heavy atom. The van der Waals surface area contributed by atoms with Crippen LogP contribution in [0, 0.1) is 5.82 Å². The van der Waals surface area contributed by atoms with E-state index in [1.807, 2.05) is 0 Å². The molecule has 6 heteroatoms. The molecular weight excluding hydrogens is 202 g/mol. The molecule has 0 aromatic heterocycles. The molecule has 0 saturated heterocycles. The van der Waals surface area contributed by atoms with E-state index in [-0.39, 0.29) is 0 Å². The summed E-state index contributed by atoms with van der Waals surface area (Å²) in [5.74, 6) is -1.62. The quantitative estimate of drug-likeness (QED) is 0.695. The zero-order chi connectivity index (χ0) is 10.9. The van der Waals surface area contributed by atoms with Crippen LogP contribution >= 0.6 is 0 Å². The third kappa shape index (κ3) is 2.14. The van der Waals surface area contributed by atoms with Crippen LogP contribution in [-0.2, 0) is 0 Å². The van der Waals surface area contributed by atoms with Gasteiger partial charge in [0.2, 0.25) is 0 Å². The van der Waals surface area contributed by atoms with E-state index in [2.05, 4.69) is 0 Å². The molecule has 0 bridgehead atoms. The van der Waals surface area contributed by atoms with Crippen LogP contribution in [0.5, 0.6) is 5.75 Å². The highest BCUT2D eigenvalue weighted by Crippen LogP contribution is 2.32. The molecule has 1 aromatic carbocycles. The number of rotatable bonds is 1. The molecule has 0 aliphatic rings. The lowest BCUT2D eigenvalue weighted by Gasteiger charge is -2.16. The minimum absolute atomic E-state index is 0.444. The van der Waals surface area contributed by atoms with E-state index in [1.54, 1.807) is 0 Å². The van der Waals surface area contributed by atoms with Crippen LogP contribution < -0.4 is 5.73 Å². The second-order valence-corrected chi connectivity index (χ2v) is 2.73. The molecule has 2 nitrogen and oxygen atoms in total. The number of hydrogen-bond donors (Lipinski definition) is 2. The number of halogens is 4. The monoisotopic (exact) mass is 209 g/mol. The third-order valence-electron chi connectivity index (χ3n) is 1.67. The highest BCUT2D eigenvalue weighted by molar-refractivity contribution is 5.30. The molecule has 0 aliphatic carbocycles. The Labute approximate surface area is 77.0 Å². The Kier molecular flexibility index (Phi) is 2.66. The van der Waals surface area contributed by atoms with Crippen LogP contribution in [0.4, 0.5) is 17.6 Å². The van der Waals surface area contributed by atoms with Gasteiger partial charge in [0.1, 0.15) is 17.6 Å². The Hall–Kier alpha value is -1.30. The van der Waals surface area contributed by atoms with Crippen molar-refractivity contribution in [3.8, 4) is 5.75 Å². The van der Waals surface area contributed by atoms with Gasteiger partial charge in [-0.25, -0.2) is 4.39 Å². The van der Waals surface area contributed by atoms with Crippen LogP contribution in [-0.4, -0.2) is 11.3 Å². The van der Waals surface area contributed by atoms with Gasteiger partial charge in [-0.2, -0.15) is 13.2 Å². The molecule has 3 N–H and O–H groups in total. The summed E-state index contributed by atoms with van der Waals surface area (Å²) in [6, 6.07) is -0.0311. The molecule has 0 unspecified atom stereocenters. The van der Waals surface area contributed by atoms with E-state index in [4.69, 9.17) is 10.8 Å². The van der Waals surface area contributed by atoms with Gasteiger partial charge in [0.25, 0.3) is 0 Å². The van der Waals surface area contributed by atoms with Crippen LogP contribution in [0.1, 0.15) is 11.6 Å². The van der Waals surface area contributed by atoms with Crippen molar-refractivity contribution in [1.29, 1.82) is 0 Å². The topological polar surface area (TPSA) is 46.2 Å². The van der Waals surface area contributed by atoms with Crippen molar-refractivity contribution in [1.82, 2.24) is 0 Å². The standard InChI is InChI=1S/C8H7F4NO/c9-6-3-4(14)1-2-5(6)7(13)8(10,11)12/h1-3,7,14H,13H2/t7-/m1/s1. The summed E-state index contributed by atoms with van der Waals surface area (Å²) in [5, 5.41) is 8.76. The summed E-state index contributed by atoms with van der Waals surface area (Å²) in [4.78, 5) is 0. The molecule has 0 spiro atoms. The second-order valence-electron chi connectivity index (χ2n) is 2.73. The van der Waals surface area contributed by atoms with E-state index < -0.39 is 29.3 Å². The van der Waals surface area contributed by atoms with Crippen molar-refractivity contribution in [2.75, 3.05) is 0 Å². The maximum absolute atomic E-state index is 12.9. The average molecular weight is 209 g/mol. The van der Waals surface area contributed by atoms with Crippen molar-refractivity contribution in [2.24, 2.45) is 5.73 Å². The Balaban J connectivity index is 3.08. The van der Waals surface area contributed by atoms with Gasteiger partial charge in [-0.1, -0.05) is 6.07 Å². The highest BCUT2D eigenvalue weighted by atomic mass is 19.4. The van der Waals surface area contributed by atoms with Crippen molar-refractivity contribution >= 4 is 0 Å². The van der Waals surface area contributed by atoms with Crippen LogP contribution in [0.2, 0.25) is 0 Å². The number of nitrogens with two attached hydrogens (primary N) is 1. The summed E-state index contributed by atoms with van der Waals surface area (Å²) in [5.41, 5.74) is 4.09. The normalized spacial score (nSPS) is 14.1. The summed E-state index contributed by atoms with van der Waals surface area (Å²) >= 11 is 0. The van der Waals surface area contributed by atoms with Crippen molar-refractivity contribution in [2.45, 2.75) is 12.2 Å². The van der Waals surface area contributed by atoms with Crippen molar-refractivity contribution in [3.63, 3.8) is 0 Å².